The van der Waals surface area contributed by atoms with Crippen LogP contribution in [0.3, 0.4) is 0 Å². The minimum atomic E-state index is -0.257. The maximum absolute atomic E-state index is 13.4. The van der Waals surface area contributed by atoms with Crippen molar-refractivity contribution in [2.75, 3.05) is 44.7 Å². The van der Waals surface area contributed by atoms with Crippen LogP contribution < -0.4 is 10.9 Å². The van der Waals surface area contributed by atoms with Gasteiger partial charge in [-0.1, -0.05) is 30.0 Å². The molecule has 2 fully saturated rings. The maximum atomic E-state index is 13.4. The number of pyridine rings is 1. The molecule has 0 atom stereocenters. The van der Waals surface area contributed by atoms with Crippen molar-refractivity contribution in [3.05, 3.63) is 69.4 Å². The summed E-state index contributed by atoms with van der Waals surface area (Å²) in [5.74, 6) is 0.837. The predicted molar refractivity (Wildman–Crippen MR) is 139 cm³/mol. The van der Waals surface area contributed by atoms with Crippen molar-refractivity contribution < 1.29 is 13.9 Å². The van der Waals surface area contributed by atoms with E-state index in [2.05, 4.69) is 15.2 Å². The van der Waals surface area contributed by atoms with Gasteiger partial charge in [0.25, 0.3) is 11.5 Å². The number of aromatic nitrogens is 2. The number of nitrogens with zero attached hydrogens (tertiary/aromatic N) is 4. The van der Waals surface area contributed by atoms with E-state index in [1.165, 1.54) is 21.1 Å². The number of thiocarbonyl (C=S) groups is 1. The molecule has 2 aliphatic heterocycles. The lowest BCUT2D eigenvalue weighted by Gasteiger charge is -2.26. The number of nitrogens with one attached hydrogen (secondary N) is 1. The van der Waals surface area contributed by atoms with Gasteiger partial charge in [-0.25, -0.2) is 4.98 Å². The number of hydrogen-bond acceptors (Lipinski definition) is 9. The highest BCUT2D eigenvalue weighted by atomic mass is 32.2. The molecule has 5 heterocycles. The van der Waals surface area contributed by atoms with Gasteiger partial charge in [0.1, 0.15) is 21.5 Å². The van der Waals surface area contributed by atoms with Gasteiger partial charge < -0.3 is 14.5 Å². The largest absolute Gasteiger partial charge is 0.467 e. The molecule has 0 aliphatic carbocycles. The highest BCUT2D eigenvalue weighted by molar-refractivity contribution is 8.26. The molecule has 0 unspecified atom stereocenters. The van der Waals surface area contributed by atoms with Gasteiger partial charge in [0.15, 0.2) is 0 Å². The quantitative estimate of drug-likeness (QED) is 0.278. The Morgan fingerprint density at radius 3 is 2.83 bits per heavy atom. The Kier molecular flexibility index (Phi) is 7.28. The Hall–Kier alpha value is -2.99. The number of hydrogen-bond donors (Lipinski definition) is 1. The van der Waals surface area contributed by atoms with E-state index >= 15 is 0 Å². The molecule has 5 rings (SSSR count). The van der Waals surface area contributed by atoms with E-state index in [-0.39, 0.29) is 18.0 Å². The van der Waals surface area contributed by atoms with Crippen LogP contribution in [0.25, 0.3) is 11.7 Å². The van der Waals surface area contributed by atoms with Gasteiger partial charge >= 0.3 is 0 Å². The fraction of sp³-hybridized carbons (Fsp3) is 0.333. The van der Waals surface area contributed by atoms with Crippen LogP contribution in [0, 0.1) is 0 Å². The van der Waals surface area contributed by atoms with Crippen molar-refractivity contribution in [2.24, 2.45) is 0 Å². The van der Waals surface area contributed by atoms with Crippen molar-refractivity contribution in [3.63, 3.8) is 0 Å². The van der Waals surface area contributed by atoms with Crippen LogP contribution in [0.15, 0.2) is 56.9 Å². The molecule has 0 aromatic carbocycles. The molecule has 35 heavy (non-hydrogen) atoms. The van der Waals surface area contributed by atoms with Crippen LogP contribution >= 0.6 is 24.0 Å². The second-order valence-corrected chi connectivity index (χ2v) is 9.87. The first-order chi connectivity index (χ1) is 17.1. The molecule has 9 nitrogen and oxygen atoms in total. The van der Waals surface area contributed by atoms with Crippen LogP contribution in [0.5, 0.6) is 0 Å². The van der Waals surface area contributed by atoms with Crippen molar-refractivity contribution in [1.29, 1.82) is 0 Å². The molecule has 0 saturated carbocycles. The Morgan fingerprint density at radius 2 is 2.03 bits per heavy atom. The summed E-state index contributed by atoms with van der Waals surface area (Å²) in [6.07, 6.45) is 5.72. The van der Waals surface area contributed by atoms with Crippen LogP contribution in [0.1, 0.15) is 17.7 Å². The number of furan rings is 1. The fourth-order valence-electron chi connectivity index (χ4n) is 4.03. The van der Waals surface area contributed by atoms with Crippen molar-refractivity contribution >= 4 is 51.7 Å². The van der Waals surface area contributed by atoms with Crippen LogP contribution in [0.2, 0.25) is 0 Å². The van der Waals surface area contributed by atoms with Gasteiger partial charge in [-0.05, 0) is 43.3 Å². The van der Waals surface area contributed by atoms with Gasteiger partial charge in [0.05, 0.1) is 36.5 Å². The van der Waals surface area contributed by atoms with E-state index < -0.39 is 0 Å². The SMILES string of the molecule is O=C1C(=Cc2c(NCCCN3CCOCC3)nc3ccccn3c2=O)SC(=S)N1Cc1ccco1. The molecule has 0 radical (unpaired) electrons. The average Bonchev–Trinajstić information content (AvgIpc) is 3.48. The lowest BCUT2D eigenvalue weighted by Crippen LogP contribution is -2.37. The molecule has 182 valence electrons. The molecule has 3 aromatic rings. The Balaban J connectivity index is 1.39. The van der Waals surface area contributed by atoms with E-state index in [9.17, 15) is 9.59 Å². The number of fused-ring (bicyclic) bond motifs is 1. The molecule has 11 heteroatoms. The topological polar surface area (TPSA) is 92.3 Å². The van der Waals surface area contributed by atoms with Crippen LogP contribution in [-0.4, -0.2) is 68.8 Å². The highest BCUT2D eigenvalue weighted by Gasteiger charge is 2.33. The number of morpholine rings is 1. The number of carbonyl (C=O) groups is 1. The first-order valence-corrected chi connectivity index (χ1v) is 12.7. The summed E-state index contributed by atoms with van der Waals surface area (Å²) in [6.45, 7) is 5.21. The number of rotatable bonds is 8. The zero-order chi connectivity index (χ0) is 24.2. The third kappa shape index (κ3) is 5.32. The third-order valence-corrected chi connectivity index (χ3v) is 7.24. The van der Waals surface area contributed by atoms with Gasteiger partial charge in [-0.3, -0.25) is 23.8 Å². The van der Waals surface area contributed by atoms with E-state index in [1.807, 2.05) is 6.07 Å². The lowest BCUT2D eigenvalue weighted by molar-refractivity contribution is -0.122. The first kappa shape index (κ1) is 23.7. The molecule has 1 N–H and O–H groups in total. The summed E-state index contributed by atoms with van der Waals surface area (Å²) < 4.78 is 12.7. The number of thioether (sulfide) groups is 1. The molecule has 2 aliphatic rings. The lowest BCUT2D eigenvalue weighted by atomic mass is 10.2. The number of amides is 1. The third-order valence-electron chi connectivity index (χ3n) is 5.86. The first-order valence-electron chi connectivity index (χ1n) is 11.4. The van der Waals surface area contributed by atoms with Crippen molar-refractivity contribution in [3.8, 4) is 0 Å². The molecule has 3 aromatic heterocycles. The second kappa shape index (κ2) is 10.7. The summed E-state index contributed by atoms with van der Waals surface area (Å²) in [7, 11) is 0. The average molecular weight is 512 g/mol. The van der Waals surface area contributed by atoms with Gasteiger partial charge in [-0.15, -0.1) is 0 Å². The molecule has 0 spiro atoms. The molecular weight excluding hydrogens is 486 g/mol. The zero-order valence-electron chi connectivity index (χ0n) is 19.0. The maximum Gasteiger partial charge on any atom is 0.267 e. The predicted octanol–water partition coefficient (Wildman–Crippen LogP) is 2.82. The summed E-state index contributed by atoms with van der Waals surface area (Å²) >= 11 is 6.61. The summed E-state index contributed by atoms with van der Waals surface area (Å²) in [5, 5.41) is 3.32. The van der Waals surface area contributed by atoms with Crippen LogP contribution in [-0.2, 0) is 16.1 Å². The van der Waals surface area contributed by atoms with Gasteiger partial charge in [0.2, 0.25) is 0 Å². The van der Waals surface area contributed by atoms with Crippen LogP contribution in [0.4, 0.5) is 5.82 Å². The van der Waals surface area contributed by atoms with E-state index in [0.717, 1.165) is 39.3 Å². The van der Waals surface area contributed by atoms with Crippen molar-refractivity contribution in [2.45, 2.75) is 13.0 Å². The Labute approximate surface area is 211 Å². The zero-order valence-corrected chi connectivity index (χ0v) is 20.6. The number of anilines is 1. The highest BCUT2D eigenvalue weighted by Crippen LogP contribution is 2.34. The molecule has 0 bridgehead atoms. The molecule has 2 saturated heterocycles. The molecular formula is C24H25N5O4S2. The van der Waals surface area contributed by atoms with E-state index in [0.29, 0.717) is 38.6 Å². The van der Waals surface area contributed by atoms with E-state index in [1.54, 1.807) is 42.8 Å². The van der Waals surface area contributed by atoms with Gasteiger partial charge in [-0.2, -0.15) is 0 Å². The smallest absolute Gasteiger partial charge is 0.267 e. The van der Waals surface area contributed by atoms with Crippen molar-refractivity contribution in [1.82, 2.24) is 19.2 Å². The summed E-state index contributed by atoms with van der Waals surface area (Å²) in [4.78, 5) is 35.4. The minimum Gasteiger partial charge on any atom is -0.467 e. The summed E-state index contributed by atoms with van der Waals surface area (Å²) in [6, 6.07) is 8.96. The normalized spacial score (nSPS) is 18.2. The Morgan fingerprint density at radius 1 is 1.17 bits per heavy atom. The second-order valence-electron chi connectivity index (χ2n) is 8.19. The summed E-state index contributed by atoms with van der Waals surface area (Å²) in [5.41, 5.74) is 0.622. The van der Waals surface area contributed by atoms with Gasteiger partial charge in [0, 0.05) is 25.8 Å². The monoisotopic (exact) mass is 511 g/mol. The van der Waals surface area contributed by atoms with E-state index in [4.69, 9.17) is 21.4 Å². The number of carbonyl (C=O) groups excluding carboxylic acids is 1. The molecule has 1 amide bonds. The standard InChI is InChI=1S/C24H25N5O4S2/c30-22-18(15-19-23(31)29(24(34)35-19)16-17-5-3-12-33-17)21(26-20-6-1-2-9-28(20)22)25-7-4-8-27-10-13-32-14-11-27/h1-3,5-6,9,12,15,25H,4,7-8,10-11,13-14,16H2. The minimum absolute atomic E-state index is 0.247. The number of ether oxygens (including phenoxy) is 1. The Bertz CT molecular complexity index is 1320. The fourth-order valence-corrected chi connectivity index (χ4v) is 5.26.